The van der Waals surface area contributed by atoms with Crippen LogP contribution in [0.15, 0.2) is 42.5 Å². The second-order valence-corrected chi connectivity index (χ2v) is 7.86. The summed E-state index contributed by atoms with van der Waals surface area (Å²) in [7, 11) is 1.66. The third-order valence-electron chi connectivity index (χ3n) is 4.74. The van der Waals surface area contributed by atoms with Crippen LogP contribution in [0.4, 0.5) is 10.5 Å². The molecule has 5 heteroatoms. The van der Waals surface area contributed by atoms with E-state index in [1.807, 2.05) is 54.6 Å². The van der Waals surface area contributed by atoms with E-state index in [1.165, 1.54) is 0 Å². The number of methoxy groups -OCH3 is 1. The van der Waals surface area contributed by atoms with Crippen molar-refractivity contribution in [1.82, 2.24) is 5.32 Å². The third-order valence-corrected chi connectivity index (χ3v) is 4.74. The number of hydrogen-bond acceptors (Lipinski definition) is 3. The summed E-state index contributed by atoms with van der Waals surface area (Å²) in [6, 6.07) is 13.5. The highest BCUT2D eigenvalue weighted by Gasteiger charge is 2.28. The molecule has 5 nitrogen and oxygen atoms in total. The van der Waals surface area contributed by atoms with Gasteiger partial charge in [-0.25, -0.2) is 4.79 Å². The molecule has 1 aliphatic heterocycles. The normalized spacial score (nSPS) is 15.1. The van der Waals surface area contributed by atoms with Gasteiger partial charge in [0, 0.05) is 29.8 Å². The minimum absolute atomic E-state index is 0.182. The van der Waals surface area contributed by atoms with Crippen LogP contribution in [0.1, 0.15) is 43.9 Å². The van der Waals surface area contributed by atoms with Crippen LogP contribution in [-0.4, -0.2) is 25.6 Å². The van der Waals surface area contributed by atoms with E-state index >= 15 is 0 Å². The first-order chi connectivity index (χ1) is 13.3. The van der Waals surface area contributed by atoms with E-state index in [2.05, 4.69) is 26.1 Å². The number of hydrogen-bond donors (Lipinski definition) is 1. The van der Waals surface area contributed by atoms with Gasteiger partial charge in [0.15, 0.2) is 0 Å². The summed E-state index contributed by atoms with van der Waals surface area (Å²) in [6.07, 6.45) is 4.31. The van der Waals surface area contributed by atoms with Gasteiger partial charge in [0.25, 0.3) is 0 Å². The van der Waals surface area contributed by atoms with Crippen molar-refractivity contribution in [3.8, 4) is 5.75 Å². The number of nitrogens with zero attached hydrogens (tertiary/aromatic N) is 1. The minimum Gasteiger partial charge on any atom is -0.496 e. The molecule has 1 aliphatic rings. The van der Waals surface area contributed by atoms with Crippen molar-refractivity contribution in [3.63, 3.8) is 0 Å². The van der Waals surface area contributed by atoms with Gasteiger partial charge in [0.1, 0.15) is 5.75 Å². The number of rotatable bonds is 4. The molecular formula is C23H26N2O3. The van der Waals surface area contributed by atoms with E-state index in [4.69, 9.17) is 4.74 Å². The molecule has 0 spiro atoms. The number of carbonyl (C=O) groups is 2. The third kappa shape index (κ3) is 4.25. The number of carbonyl (C=O) groups excluding carboxylic acids is 2. The highest BCUT2D eigenvalue weighted by atomic mass is 16.5. The average Bonchev–Trinajstić information content (AvgIpc) is 2.65. The molecule has 146 valence electrons. The summed E-state index contributed by atoms with van der Waals surface area (Å²) in [6.45, 7) is 6.69. The van der Waals surface area contributed by atoms with Crippen molar-refractivity contribution in [1.29, 1.82) is 0 Å². The monoisotopic (exact) mass is 378 g/mol. The summed E-state index contributed by atoms with van der Waals surface area (Å²) in [5.41, 5.74) is 3.54. The van der Waals surface area contributed by atoms with Crippen LogP contribution in [-0.2, 0) is 10.2 Å². The maximum Gasteiger partial charge on any atom is 0.328 e. The predicted octanol–water partition coefficient (Wildman–Crippen LogP) is 4.61. The molecule has 0 radical (unpaired) electrons. The number of benzene rings is 2. The Morgan fingerprint density at radius 1 is 1.07 bits per heavy atom. The fraction of sp³-hybridized carbons (Fsp3) is 0.304. The molecule has 3 amide bonds. The fourth-order valence-corrected chi connectivity index (χ4v) is 3.26. The molecule has 0 aliphatic carbocycles. The molecule has 0 atom stereocenters. The van der Waals surface area contributed by atoms with Gasteiger partial charge >= 0.3 is 6.03 Å². The predicted molar refractivity (Wildman–Crippen MR) is 113 cm³/mol. The van der Waals surface area contributed by atoms with Crippen LogP contribution in [0, 0.1) is 0 Å². The van der Waals surface area contributed by atoms with Crippen molar-refractivity contribution < 1.29 is 14.3 Å². The highest BCUT2D eigenvalue weighted by Crippen LogP contribution is 2.39. The zero-order valence-electron chi connectivity index (χ0n) is 16.8. The van der Waals surface area contributed by atoms with E-state index in [0.717, 1.165) is 28.1 Å². The van der Waals surface area contributed by atoms with Gasteiger partial charge in [-0.1, -0.05) is 63.3 Å². The maximum atomic E-state index is 12.4. The summed E-state index contributed by atoms with van der Waals surface area (Å²) in [4.78, 5) is 25.5. The second-order valence-electron chi connectivity index (χ2n) is 7.86. The highest BCUT2D eigenvalue weighted by molar-refractivity contribution is 6.05. The summed E-state index contributed by atoms with van der Waals surface area (Å²) < 4.78 is 5.75. The lowest BCUT2D eigenvalue weighted by atomic mass is 9.84. The zero-order valence-corrected chi connectivity index (χ0v) is 16.8. The smallest absolute Gasteiger partial charge is 0.328 e. The number of ether oxygens (including phenoxy) is 1. The Hall–Kier alpha value is -3.08. The average molecular weight is 378 g/mol. The topological polar surface area (TPSA) is 58.6 Å². The van der Waals surface area contributed by atoms with Crippen molar-refractivity contribution in [2.45, 2.75) is 32.6 Å². The van der Waals surface area contributed by atoms with E-state index in [-0.39, 0.29) is 23.8 Å². The van der Waals surface area contributed by atoms with Gasteiger partial charge in [-0.05, 0) is 23.1 Å². The first-order valence-electron chi connectivity index (χ1n) is 9.36. The lowest BCUT2D eigenvalue weighted by Crippen LogP contribution is -2.49. The summed E-state index contributed by atoms with van der Waals surface area (Å²) in [5.74, 6) is 0.548. The quantitative estimate of drug-likeness (QED) is 0.791. The molecule has 2 aromatic carbocycles. The summed E-state index contributed by atoms with van der Waals surface area (Å²) in [5, 5.41) is 2.39. The van der Waals surface area contributed by atoms with Crippen LogP contribution in [0.25, 0.3) is 12.2 Å². The fourth-order valence-electron chi connectivity index (χ4n) is 3.26. The Balaban J connectivity index is 2.10. The van der Waals surface area contributed by atoms with Gasteiger partial charge in [0.05, 0.1) is 7.11 Å². The number of nitrogens with one attached hydrogen (secondary N) is 1. The molecule has 0 saturated carbocycles. The van der Waals surface area contributed by atoms with Gasteiger partial charge in [0.2, 0.25) is 5.91 Å². The van der Waals surface area contributed by atoms with Crippen LogP contribution >= 0.6 is 0 Å². The first-order valence-corrected chi connectivity index (χ1v) is 9.36. The number of urea groups is 1. The Morgan fingerprint density at radius 3 is 2.39 bits per heavy atom. The molecule has 28 heavy (non-hydrogen) atoms. The Kier molecular flexibility index (Phi) is 5.54. The van der Waals surface area contributed by atoms with Crippen LogP contribution in [0.3, 0.4) is 0 Å². The molecule has 1 heterocycles. The number of imide groups is 1. The maximum absolute atomic E-state index is 12.4. The van der Waals surface area contributed by atoms with E-state index in [9.17, 15) is 9.59 Å². The van der Waals surface area contributed by atoms with Crippen molar-refractivity contribution in [2.24, 2.45) is 0 Å². The largest absolute Gasteiger partial charge is 0.496 e. The standard InChI is InChI=1S/C23H26N2O3/c1-23(2,3)19-15-18(25-13-12-20(26)24-22(25)27)14-17(21(19)28-4)11-10-16-8-6-5-7-9-16/h5-11,14-15H,12-13H2,1-4H3,(H,24,26,27). The molecule has 0 unspecified atom stereocenters. The lowest BCUT2D eigenvalue weighted by Gasteiger charge is -2.30. The van der Waals surface area contributed by atoms with Crippen molar-refractivity contribution in [2.75, 3.05) is 18.6 Å². The second kappa shape index (κ2) is 7.89. The number of amides is 3. The van der Waals surface area contributed by atoms with Crippen molar-refractivity contribution >= 4 is 29.8 Å². The molecule has 1 N–H and O–H groups in total. The first kappa shape index (κ1) is 19.7. The van der Waals surface area contributed by atoms with E-state index in [0.29, 0.717) is 6.54 Å². The Morgan fingerprint density at radius 2 is 1.79 bits per heavy atom. The molecule has 1 fully saturated rings. The molecular weight excluding hydrogens is 352 g/mol. The SMILES string of the molecule is COc1c(C=Cc2ccccc2)cc(N2CCC(=O)NC2=O)cc1C(C)(C)C. The molecule has 0 bridgehead atoms. The molecule has 1 saturated heterocycles. The van der Waals surface area contributed by atoms with E-state index in [1.54, 1.807) is 12.0 Å². The molecule has 3 rings (SSSR count). The van der Waals surface area contributed by atoms with Crippen LogP contribution < -0.4 is 15.0 Å². The van der Waals surface area contributed by atoms with Crippen LogP contribution in [0.2, 0.25) is 0 Å². The van der Waals surface area contributed by atoms with Crippen molar-refractivity contribution in [3.05, 3.63) is 59.2 Å². The van der Waals surface area contributed by atoms with Gasteiger partial charge in [-0.3, -0.25) is 15.0 Å². The molecule has 0 aromatic heterocycles. The minimum atomic E-state index is -0.390. The van der Waals surface area contributed by atoms with Gasteiger partial charge in [-0.2, -0.15) is 0 Å². The number of anilines is 1. The Labute approximate surface area is 166 Å². The lowest BCUT2D eigenvalue weighted by molar-refractivity contribution is -0.120. The van der Waals surface area contributed by atoms with Crippen LogP contribution in [0.5, 0.6) is 5.75 Å². The zero-order chi connectivity index (χ0) is 20.3. The Bertz CT molecular complexity index is 911. The molecule has 2 aromatic rings. The van der Waals surface area contributed by atoms with Gasteiger partial charge in [-0.15, -0.1) is 0 Å². The van der Waals surface area contributed by atoms with E-state index < -0.39 is 0 Å². The van der Waals surface area contributed by atoms with Gasteiger partial charge < -0.3 is 4.74 Å². The summed E-state index contributed by atoms with van der Waals surface area (Å²) >= 11 is 0.